The first-order valence-corrected chi connectivity index (χ1v) is 11.3. The molecule has 1 saturated heterocycles. The molecule has 0 unspecified atom stereocenters. The molecule has 166 valence electrons. The standard InChI is InChI=1S/C23H25N5O3S/c1-17-7-9-18(10-8-17)24-22(30)23-26-25-20(32-23)15-31-16-21(29)28-13-11-27(12-14-28)19-5-3-2-4-6-19/h2-10H,11-16H2,1H3,(H,24,30). The third-order valence-electron chi connectivity index (χ3n) is 5.18. The highest BCUT2D eigenvalue weighted by atomic mass is 32.1. The molecule has 4 rings (SSSR count). The number of carbonyl (C=O) groups excluding carboxylic acids is 2. The molecule has 2 aromatic carbocycles. The van der Waals surface area contributed by atoms with Gasteiger partial charge in [0.25, 0.3) is 5.91 Å². The number of ether oxygens (including phenoxy) is 1. The van der Waals surface area contributed by atoms with Crippen molar-refractivity contribution in [3.8, 4) is 0 Å². The Morgan fingerprint density at radius 3 is 2.44 bits per heavy atom. The van der Waals surface area contributed by atoms with E-state index in [0.717, 1.165) is 30.0 Å². The van der Waals surface area contributed by atoms with Gasteiger partial charge in [-0.15, -0.1) is 10.2 Å². The number of anilines is 2. The number of nitrogens with zero attached hydrogens (tertiary/aromatic N) is 4. The SMILES string of the molecule is Cc1ccc(NC(=O)c2nnc(COCC(=O)N3CCN(c4ccccc4)CC3)s2)cc1. The first-order chi connectivity index (χ1) is 15.6. The minimum Gasteiger partial charge on any atom is -0.368 e. The van der Waals surface area contributed by atoms with Crippen molar-refractivity contribution in [2.75, 3.05) is 43.0 Å². The lowest BCUT2D eigenvalue weighted by Crippen LogP contribution is -2.49. The van der Waals surface area contributed by atoms with Crippen LogP contribution in [0, 0.1) is 6.92 Å². The molecule has 8 nitrogen and oxygen atoms in total. The summed E-state index contributed by atoms with van der Waals surface area (Å²) in [5.74, 6) is -0.357. The predicted octanol–water partition coefficient (Wildman–Crippen LogP) is 2.96. The maximum absolute atomic E-state index is 12.5. The lowest BCUT2D eigenvalue weighted by molar-refractivity contribution is -0.136. The van der Waals surface area contributed by atoms with Gasteiger partial charge < -0.3 is 19.9 Å². The number of carbonyl (C=O) groups is 2. The Morgan fingerprint density at radius 1 is 1.00 bits per heavy atom. The number of aryl methyl sites for hydroxylation is 1. The van der Waals surface area contributed by atoms with E-state index in [1.807, 2.05) is 54.3 Å². The third kappa shape index (κ3) is 5.68. The number of para-hydroxylation sites is 1. The molecule has 1 aliphatic heterocycles. The Balaban J connectivity index is 1.19. The van der Waals surface area contributed by atoms with Gasteiger partial charge in [-0.2, -0.15) is 0 Å². The molecule has 0 aliphatic carbocycles. The Labute approximate surface area is 190 Å². The lowest BCUT2D eigenvalue weighted by Gasteiger charge is -2.36. The van der Waals surface area contributed by atoms with Crippen LogP contribution in [-0.2, 0) is 16.1 Å². The number of benzene rings is 2. The molecule has 2 heterocycles. The quantitative estimate of drug-likeness (QED) is 0.594. The van der Waals surface area contributed by atoms with Gasteiger partial charge >= 0.3 is 0 Å². The topological polar surface area (TPSA) is 87.7 Å². The molecule has 1 fully saturated rings. The number of hydrogen-bond donors (Lipinski definition) is 1. The number of hydrogen-bond acceptors (Lipinski definition) is 7. The van der Waals surface area contributed by atoms with Gasteiger partial charge in [0.2, 0.25) is 10.9 Å². The first kappa shape index (κ1) is 21.9. The van der Waals surface area contributed by atoms with Gasteiger partial charge in [0.1, 0.15) is 18.2 Å². The maximum atomic E-state index is 12.5. The molecule has 3 aromatic rings. The number of piperazine rings is 1. The van der Waals surface area contributed by atoms with E-state index in [9.17, 15) is 9.59 Å². The van der Waals surface area contributed by atoms with Crippen molar-refractivity contribution in [1.29, 1.82) is 0 Å². The molecule has 0 bridgehead atoms. The van der Waals surface area contributed by atoms with Crippen molar-refractivity contribution >= 4 is 34.5 Å². The van der Waals surface area contributed by atoms with Crippen LogP contribution in [0.3, 0.4) is 0 Å². The molecule has 0 spiro atoms. The zero-order valence-electron chi connectivity index (χ0n) is 17.9. The molecule has 0 radical (unpaired) electrons. The minimum atomic E-state index is -0.315. The highest BCUT2D eigenvalue weighted by molar-refractivity contribution is 7.13. The van der Waals surface area contributed by atoms with Crippen LogP contribution in [0.15, 0.2) is 54.6 Å². The van der Waals surface area contributed by atoms with Gasteiger partial charge in [-0.1, -0.05) is 47.2 Å². The molecule has 0 atom stereocenters. The number of nitrogens with one attached hydrogen (secondary N) is 1. The first-order valence-electron chi connectivity index (χ1n) is 10.4. The summed E-state index contributed by atoms with van der Waals surface area (Å²) >= 11 is 1.16. The Bertz CT molecular complexity index is 1050. The van der Waals surface area contributed by atoms with Crippen LogP contribution >= 0.6 is 11.3 Å². The van der Waals surface area contributed by atoms with Crippen molar-refractivity contribution in [2.45, 2.75) is 13.5 Å². The fraction of sp³-hybridized carbons (Fsp3) is 0.304. The predicted molar refractivity (Wildman–Crippen MR) is 124 cm³/mol. The largest absolute Gasteiger partial charge is 0.368 e. The molecular formula is C23H25N5O3S. The molecule has 32 heavy (non-hydrogen) atoms. The number of aromatic nitrogens is 2. The van der Waals surface area contributed by atoms with Crippen LogP contribution in [-0.4, -0.2) is 59.7 Å². The van der Waals surface area contributed by atoms with E-state index >= 15 is 0 Å². The second kappa shape index (κ2) is 10.3. The molecule has 1 N–H and O–H groups in total. The summed E-state index contributed by atoms with van der Waals surface area (Å²) in [6.45, 7) is 5.04. The Morgan fingerprint density at radius 2 is 1.72 bits per heavy atom. The average molecular weight is 452 g/mol. The molecule has 0 saturated carbocycles. The molecule has 1 aliphatic rings. The fourth-order valence-electron chi connectivity index (χ4n) is 3.39. The molecular weight excluding hydrogens is 426 g/mol. The minimum absolute atomic E-state index is 0.0180. The van der Waals surface area contributed by atoms with Crippen molar-refractivity contribution in [2.24, 2.45) is 0 Å². The highest BCUT2D eigenvalue weighted by Gasteiger charge is 2.21. The fourth-order valence-corrected chi connectivity index (χ4v) is 4.07. The lowest BCUT2D eigenvalue weighted by atomic mass is 10.2. The van der Waals surface area contributed by atoms with Crippen molar-refractivity contribution in [3.05, 3.63) is 70.2 Å². The monoisotopic (exact) mass is 451 g/mol. The van der Waals surface area contributed by atoms with Gasteiger partial charge in [-0.3, -0.25) is 9.59 Å². The Kier molecular flexibility index (Phi) is 7.08. The average Bonchev–Trinajstić information content (AvgIpc) is 3.30. The van der Waals surface area contributed by atoms with Gasteiger partial charge in [-0.25, -0.2) is 0 Å². The highest BCUT2D eigenvalue weighted by Crippen LogP contribution is 2.17. The van der Waals surface area contributed by atoms with Crippen molar-refractivity contribution in [1.82, 2.24) is 15.1 Å². The van der Waals surface area contributed by atoms with Gasteiger partial charge in [-0.05, 0) is 31.2 Å². The molecule has 1 aromatic heterocycles. The number of amides is 2. The van der Waals surface area contributed by atoms with Crippen LogP contribution in [0.1, 0.15) is 20.4 Å². The normalized spacial score (nSPS) is 13.8. The second-order valence-electron chi connectivity index (χ2n) is 7.52. The van der Waals surface area contributed by atoms with Crippen LogP contribution in [0.2, 0.25) is 0 Å². The smallest absolute Gasteiger partial charge is 0.286 e. The number of rotatable bonds is 7. The Hall–Kier alpha value is -3.30. The summed E-state index contributed by atoms with van der Waals surface area (Å²) in [6, 6.07) is 17.7. The van der Waals surface area contributed by atoms with E-state index in [4.69, 9.17) is 4.74 Å². The van der Waals surface area contributed by atoms with Gasteiger partial charge in [0.05, 0.1) is 0 Å². The van der Waals surface area contributed by atoms with Crippen LogP contribution in [0.25, 0.3) is 0 Å². The van der Waals surface area contributed by atoms with Crippen molar-refractivity contribution < 1.29 is 14.3 Å². The van der Waals surface area contributed by atoms with Crippen molar-refractivity contribution in [3.63, 3.8) is 0 Å². The molecule has 2 amide bonds. The summed E-state index contributed by atoms with van der Waals surface area (Å²) in [7, 11) is 0. The van der Waals surface area contributed by atoms with E-state index in [0.29, 0.717) is 23.8 Å². The summed E-state index contributed by atoms with van der Waals surface area (Å²) in [5, 5.41) is 11.5. The zero-order chi connectivity index (χ0) is 22.3. The summed E-state index contributed by atoms with van der Waals surface area (Å²) in [5.41, 5.74) is 2.99. The summed E-state index contributed by atoms with van der Waals surface area (Å²) < 4.78 is 5.54. The second-order valence-corrected chi connectivity index (χ2v) is 8.58. The van der Waals surface area contributed by atoms with E-state index < -0.39 is 0 Å². The van der Waals surface area contributed by atoms with Crippen LogP contribution in [0.5, 0.6) is 0 Å². The van der Waals surface area contributed by atoms with E-state index in [1.54, 1.807) is 0 Å². The van der Waals surface area contributed by atoms with Crippen LogP contribution in [0.4, 0.5) is 11.4 Å². The van der Waals surface area contributed by atoms with Gasteiger partial charge in [0, 0.05) is 37.6 Å². The zero-order valence-corrected chi connectivity index (χ0v) is 18.7. The van der Waals surface area contributed by atoms with E-state index in [-0.39, 0.29) is 30.0 Å². The van der Waals surface area contributed by atoms with E-state index in [1.165, 1.54) is 5.69 Å². The van der Waals surface area contributed by atoms with Gasteiger partial charge in [0.15, 0.2) is 0 Å². The molecule has 9 heteroatoms. The third-order valence-corrected chi connectivity index (χ3v) is 6.07. The van der Waals surface area contributed by atoms with E-state index in [2.05, 4.69) is 32.5 Å². The maximum Gasteiger partial charge on any atom is 0.286 e. The van der Waals surface area contributed by atoms with Crippen LogP contribution < -0.4 is 10.2 Å². The summed E-state index contributed by atoms with van der Waals surface area (Å²) in [4.78, 5) is 28.9. The summed E-state index contributed by atoms with van der Waals surface area (Å²) in [6.07, 6.45) is 0.